The molecule has 0 aliphatic rings. The van der Waals surface area contributed by atoms with Gasteiger partial charge in [0.2, 0.25) is 5.95 Å². The quantitative estimate of drug-likeness (QED) is 0.601. The maximum Gasteiger partial charge on any atom is 0.421 e. The summed E-state index contributed by atoms with van der Waals surface area (Å²) >= 11 is 0. The van der Waals surface area contributed by atoms with Gasteiger partial charge < -0.3 is 15.2 Å². The topological polar surface area (TPSA) is 92.7 Å². The first kappa shape index (κ1) is 20.7. The summed E-state index contributed by atoms with van der Waals surface area (Å²) in [5.41, 5.74) is 0.511. The van der Waals surface area contributed by atoms with Gasteiger partial charge in [-0.05, 0) is 31.5 Å². The number of nitrogens with zero attached hydrogens (tertiary/aromatic N) is 4. The molecule has 0 saturated carbocycles. The van der Waals surface area contributed by atoms with Crippen LogP contribution < -0.4 is 15.9 Å². The summed E-state index contributed by atoms with van der Waals surface area (Å²) in [6, 6.07) is 6.58. The minimum atomic E-state index is -4.63. The normalized spacial score (nSPS) is 11.9. The number of anilines is 3. The fourth-order valence-corrected chi connectivity index (χ4v) is 3.81. The van der Waals surface area contributed by atoms with Crippen molar-refractivity contribution < 1.29 is 17.7 Å². The van der Waals surface area contributed by atoms with Crippen molar-refractivity contribution >= 4 is 29.9 Å². The summed E-state index contributed by atoms with van der Waals surface area (Å²) in [5, 5.41) is 5.88. The largest absolute Gasteiger partial charge is 0.421 e. The molecule has 7 nitrogen and oxygen atoms in total. The minimum Gasteiger partial charge on any atom is -0.357 e. The van der Waals surface area contributed by atoms with Crippen molar-refractivity contribution in [2.24, 2.45) is 0 Å². The van der Waals surface area contributed by atoms with Gasteiger partial charge in [0, 0.05) is 30.3 Å². The molecule has 0 unspecified atom stereocenters. The Morgan fingerprint density at radius 1 is 1.10 bits per heavy atom. The lowest BCUT2D eigenvalue weighted by atomic mass is 10.1. The fraction of sp³-hybridized carbons (Fsp3) is 0.222. The van der Waals surface area contributed by atoms with Gasteiger partial charge in [-0.15, -0.1) is 0 Å². The number of hydrogen-bond donors (Lipinski definition) is 2. The predicted molar refractivity (Wildman–Crippen MR) is 106 cm³/mol. The molecular formula is C18H18F3N6OP. The third-order valence-corrected chi connectivity index (χ3v) is 5.55. The molecule has 0 amide bonds. The Morgan fingerprint density at radius 3 is 2.52 bits per heavy atom. The molecule has 1 aromatic carbocycles. The van der Waals surface area contributed by atoms with Gasteiger partial charge in [-0.2, -0.15) is 13.2 Å². The first-order chi connectivity index (χ1) is 13.6. The van der Waals surface area contributed by atoms with Crippen molar-refractivity contribution in [3.63, 3.8) is 0 Å². The molecule has 2 N–H and O–H groups in total. The van der Waals surface area contributed by atoms with Crippen molar-refractivity contribution in [3.05, 3.63) is 48.5 Å². The Bertz CT molecular complexity index is 1080. The Labute approximate surface area is 165 Å². The molecular weight excluding hydrogens is 404 g/mol. The molecule has 29 heavy (non-hydrogen) atoms. The van der Waals surface area contributed by atoms with Crippen LogP contribution in [-0.4, -0.2) is 40.3 Å². The van der Waals surface area contributed by atoms with Crippen LogP contribution in [0.15, 0.2) is 43.0 Å². The highest BCUT2D eigenvalue weighted by Crippen LogP contribution is 2.41. The molecule has 11 heteroatoms. The summed E-state index contributed by atoms with van der Waals surface area (Å²) in [4.78, 5) is 15.5. The van der Waals surface area contributed by atoms with E-state index in [1.807, 2.05) is 0 Å². The number of benzene rings is 1. The zero-order valence-corrected chi connectivity index (χ0v) is 16.7. The SMILES string of the molecule is CNc1nccc(-c2ccc(Nc3ncncc3C(F)(F)F)c(P(C)(C)=O)c2)n1. The van der Waals surface area contributed by atoms with Crippen LogP contribution in [0.1, 0.15) is 5.56 Å². The lowest BCUT2D eigenvalue weighted by molar-refractivity contribution is -0.137. The monoisotopic (exact) mass is 422 g/mol. The van der Waals surface area contributed by atoms with E-state index in [0.29, 0.717) is 28.7 Å². The highest BCUT2D eigenvalue weighted by molar-refractivity contribution is 7.70. The molecule has 3 aromatic rings. The number of aromatic nitrogens is 4. The number of hydrogen-bond acceptors (Lipinski definition) is 7. The molecule has 3 rings (SSSR count). The van der Waals surface area contributed by atoms with E-state index in [1.54, 1.807) is 50.8 Å². The number of rotatable bonds is 5. The summed E-state index contributed by atoms with van der Waals surface area (Å²) in [7, 11) is -1.18. The highest BCUT2D eigenvalue weighted by atomic mass is 31.2. The maximum absolute atomic E-state index is 13.2. The third-order valence-electron chi connectivity index (χ3n) is 4.02. The van der Waals surface area contributed by atoms with Crippen molar-refractivity contribution in [1.29, 1.82) is 0 Å². The molecule has 0 radical (unpaired) electrons. The van der Waals surface area contributed by atoms with E-state index in [2.05, 4.69) is 30.6 Å². The lowest BCUT2D eigenvalue weighted by Gasteiger charge is -2.18. The van der Waals surface area contributed by atoms with Crippen LogP contribution in [0.2, 0.25) is 0 Å². The van der Waals surface area contributed by atoms with Gasteiger partial charge in [-0.1, -0.05) is 6.07 Å². The van der Waals surface area contributed by atoms with Crippen LogP contribution in [-0.2, 0) is 10.7 Å². The van der Waals surface area contributed by atoms with Gasteiger partial charge in [0.15, 0.2) is 0 Å². The van der Waals surface area contributed by atoms with Gasteiger partial charge in [0.05, 0.1) is 11.4 Å². The van der Waals surface area contributed by atoms with E-state index in [-0.39, 0.29) is 5.69 Å². The first-order valence-electron chi connectivity index (χ1n) is 8.44. The Morgan fingerprint density at radius 2 is 1.86 bits per heavy atom. The van der Waals surface area contributed by atoms with Gasteiger partial charge in [-0.3, -0.25) is 0 Å². The molecule has 0 saturated heterocycles. The molecule has 0 fully saturated rings. The van der Waals surface area contributed by atoms with E-state index in [0.717, 1.165) is 6.33 Å². The second kappa shape index (κ2) is 7.79. The van der Waals surface area contributed by atoms with Crippen LogP contribution in [0.25, 0.3) is 11.3 Å². The zero-order valence-electron chi connectivity index (χ0n) is 15.8. The van der Waals surface area contributed by atoms with Gasteiger partial charge >= 0.3 is 6.18 Å². The molecule has 2 aromatic heterocycles. The van der Waals surface area contributed by atoms with E-state index < -0.39 is 24.7 Å². The van der Waals surface area contributed by atoms with Crippen LogP contribution in [0.3, 0.4) is 0 Å². The van der Waals surface area contributed by atoms with Crippen molar-refractivity contribution in [3.8, 4) is 11.3 Å². The molecule has 0 spiro atoms. The van der Waals surface area contributed by atoms with Crippen molar-refractivity contribution in [1.82, 2.24) is 19.9 Å². The summed E-state index contributed by atoms with van der Waals surface area (Å²) in [6.45, 7) is 3.09. The lowest BCUT2D eigenvalue weighted by Crippen LogP contribution is -2.15. The molecule has 0 aliphatic heterocycles. The summed E-state index contributed by atoms with van der Waals surface area (Å²) in [6.07, 6.45) is -1.34. The van der Waals surface area contributed by atoms with Gasteiger partial charge in [-0.25, -0.2) is 19.9 Å². The van der Waals surface area contributed by atoms with E-state index in [9.17, 15) is 17.7 Å². The third kappa shape index (κ3) is 4.71. The molecule has 0 aliphatic carbocycles. The van der Waals surface area contributed by atoms with E-state index in [4.69, 9.17) is 0 Å². The van der Waals surface area contributed by atoms with Crippen LogP contribution in [0.5, 0.6) is 0 Å². The molecule has 0 atom stereocenters. The summed E-state index contributed by atoms with van der Waals surface area (Å²) < 4.78 is 52.6. The molecule has 152 valence electrons. The van der Waals surface area contributed by atoms with E-state index >= 15 is 0 Å². The number of nitrogens with one attached hydrogen (secondary N) is 2. The second-order valence-corrected chi connectivity index (χ2v) is 9.69. The zero-order chi connectivity index (χ0) is 21.2. The molecule has 0 bridgehead atoms. The van der Waals surface area contributed by atoms with Crippen molar-refractivity contribution in [2.45, 2.75) is 6.18 Å². The number of alkyl halides is 3. The first-order valence-corrected chi connectivity index (χ1v) is 11.0. The molecule has 2 heterocycles. The average molecular weight is 422 g/mol. The van der Waals surface area contributed by atoms with E-state index in [1.165, 1.54) is 0 Å². The van der Waals surface area contributed by atoms with Crippen LogP contribution >= 0.6 is 7.14 Å². The second-order valence-electron chi connectivity index (χ2n) is 6.51. The Kier molecular flexibility index (Phi) is 5.57. The fourth-order valence-electron chi connectivity index (χ4n) is 2.65. The Hall–Kier alpha value is -3.00. The smallest absolute Gasteiger partial charge is 0.357 e. The van der Waals surface area contributed by atoms with Gasteiger partial charge in [0.1, 0.15) is 24.9 Å². The highest BCUT2D eigenvalue weighted by Gasteiger charge is 2.35. The van der Waals surface area contributed by atoms with Gasteiger partial charge in [0.25, 0.3) is 0 Å². The van der Waals surface area contributed by atoms with Crippen molar-refractivity contribution in [2.75, 3.05) is 31.0 Å². The average Bonchev–Trinajstić information content (AvgIpc) is 2.67. The minimum absolute atomic E-state index is 0.272. The summed E-state index contributed by atoms with van der Waals surface area (Å²) in [5.74, 6) is 0.00712. The predicted octanol–water partition coefficient (Wildman–Crippen LogP) is 3.99. The maximum atomic E-state index is 13.2. The van der Waals surface area contributed by atoms with Crippen LogP contribution in [0.4, 0.5) is 30.6 Å². The Balaban J connectivity index is 2.08. The number of halogens is 3. The van der Waals surface area contributed by atoms with Crippen LogP contribution in [0, 0.1) is 0 Å². The standard InChI is InChI=1S/C18H18F3N6OP/c1-22-17-24-7-6-13(27-17)11-4-5-14(15(8-11)29(2,3)28)26-16-12(18(19,20)21)9-23-10-25-16/h4-10H,1-3H3,(H,22,24,27)(H,23,25,26).